The fourth-order valence-electron chi connectivity index (χ4n) is 6.59. The van der Waals surface area contributed by atoms with Gasteiger partial charge in [0.15, 0.2) is 0 Å². The van der Waals surface area contributed by atoms with Crippen LogP contribution in [0.1, 0.15) is 93.0 Å². The maximum absolute atomic E-state index is 12.2. The van der Waals surface area contributed by atoms with E-state index >= 15 is 0 Å². The lowest BCUT2D eigenvalue weighted by Gasteiger charge is -2.32. The van der Waals surface area contributed by atoms with Crippen molar-refractivity contribution in [3.8, 4) is 0 Å². The second-order valence-electron chi connectivity index (χ2n) is 11.2. The van der Waals surface area contributed by atoms with Gasteiger partial charge in [-0.05, 0) is 129 Å². The highest BCUT2D eigenvalue weighted by atomic mass is 16.4. The van der Waals surface area contributed by atoms with E-state index in [1.165, 1.54) is 33.3 Å². The van der Waals surface area contributed by atoms with Gasteiger partial charge in [0.1, 0.15) is 0 Å². The van der Waals surface area contributed by atoms with Gasteiger partial charge in [0, 0.05) is 0 Å². The van der Waals surface area contributed by atoms with E-state index < -0.39 is 11.9 Å². The van der Waals surface area contributed by atoms with Crippen LogP contribution in [0.25, 0.3) is 0 Å². The SMILES string of the molecule is Cc1c(C)c(C)c(B(c2c(C)c(C)c(C(=O)O)c(C)c2C)c2c(C)c(C)c(C(=O)O)c(C)c2C)c(C)c1C. The molecular weight excluding hydrogens is 471 g/mol. The Hall–Kier alpha value is -3.34. The molecule has 0 saturated carbocycles. The predicted octanol–water partition coefficient (Wildman–Crippen LogP) is 5.61. The average Bonchev–Trinajstić information content (AvgIpc) is 2.83. The molecule has 0 spiro atoms. The zero-order valence-corrected chi connectivity index (χ0v) is 25.3. The second kappa shape index (κ2) is 10.1. The van der Waals surface area contributed by atoms with E-state index in [2.05, 4.69) is 34.6 Å². The van der Waals surface area contributed by atoms with Crippen LogP contribution in [0.2, 0.25) is 0 Å². The second-order valence-corrected chi connectivity index (χ2v) is 11.2. The topological polar surface area (TPSA) is 74.6 Å². The van der Waals surface area contributed by atoms with Gasteiger partial charge < -0.3 is 10.2 Å². The molecule has 0 fully saturated rings. The number of hydrogen-bond donors (Lipinski definition) is 2. The molecule has 0 unspecified atom stereocenters. The Morgan fingerprint density at radius 3 is 0.763 bits per heavy atom. The summed E-state index contributed by atoms with van der Waals surface area (Å²) in [5.74, 6) is -1.82. The fourth-order valence-corrected chi connectivity index (χ4v) is 6.59. The number of hydrogen-bond acceptors (Lipinski definition) is 2. The van der Waals surface area contributed by atoms with Crippen molar-refractivity contribution in [3.63, 3.8) is 0 Å². The molecule has 0 aliphatic rings. The summed E-state index contributed by atoms with van der Waals surface area (Å²) >= 11 is 0. The van der Waals surface area contributed by atoms with Gasteiger partial charge in [-0.25, -0.2) is 9.59 Å². The molecule has 0 amide bonds. The first-order valence-corrected chi connectivity index (χ1v) is 13.2. The van der Waals surface area contributed by atoms with Gasteiger partial charge in [-0.15, -0.1) is 0 Å². The quantitative estimate of drug-likeness (QED) is 0.436. The average molecular weight is 512 g/mol. The third kappa shape index (κ3) is 4.17. The van der Waals surface area contributed by atoms with Gasteiger partial charge >= 0.3 is 11.9 Å². The van der Waals surface area contributed by atoms with Gasteiger partial charge in [-0.2, -0.15) is 0 Å². The molecule has 0 bridgehead atoms. The zero-order chi connectivity index (χ0) is 29.1. The summed E-state index contributed by atoms with van der Waals surface area (Å²) in [6, 6.07) is 0. The number of carboxylic acid groups (broad SMARTS) is 2. The van der Waals surface area contributed by atoms with E-state index in [4.69, 9.17) is 0 Å². The van der Waals surface area contributed by atoms with Gasteiger partial charge in [0.05, 0.1) is 11.1 Å². The third-order valence-electron chi connectivity index (χ3n) is 9.72. The lowest BCUT2D eigenvalue weighted by atomic mass is 9.32. The normalized spacial score (nSPS) is 11.2. The number of carbonyl (C=O) groups is 2. The van der Waals surface area contributed by atoms with Gasteiger partial charge in [0.25, 0.3) is 0 Å². The lowest BCUT2D eigenvalue weighted by Crippen LogP contribution is -2.58. The van der Waals surface area contributed by atoms with Gasteiger partial charge in [-0.1, -0.05) is 49.8 Å². The lowest BCUT2D eigenvalue weighted by molar-refractivity contribution is 0.0684. The molecule has 0 atom stereocenters. The van der Waals surface area contributed by atoms with Crippen molar-refractivity contribution in [2.75, 3.05) is 0 Å². The Morgan fingerprint density at radius 2 is 0.553 bits per heavy atom. The first kappa shape index (κ1) is 29.2. The Morgan fingerprint density at radius 1 is 0.368 bits per heavy atom. The zero-order valence-electron chi connectivity index (χ0n) is 25.3. The van der Waals surface area contributed by atoms with Gasteiger partial charge in [-0.3, -0.25) is 0 Å². The molecule has 3 aromatic carbocycles. The molecule has 4 nitrogen and oxygen atoms in total. The van der Waals surface area contributed by atoms with Crippen molar-refractivity contribution in [1.82, 2.24) is 0 Å². The van der Waals surface area contributed by atoms with Crippen LogP contribution < -0.4 is 16.4 Å². The maximum Gasteiger partial charge on any atom is 0.336 e. The summed E-state index contributed by atoms with van der Waals surface area (Å²) in [6.45, 7) is 26.5. The standard InChI is InChI=1S/C33H41BO4/c1-14-15(2)21(8)29(22(9)16(14)3)34(30-23(10)17(4)27(32(35)36)18(5)24(30)11)31-25(12)19(6)28(33(37)38)20(7)26(31)13/h1-13H3,(H,35,36)(H,37,38). The molecule has 200 valence electrons. The molecule has 2 N–H and O–H groups in total. The molecule has 5 heteroatoms. The molecule has 0 aliphatic carbocycles. The van der Waals surface area contributed by atoms with Gasteiger partial charge in [0.2, 0.25) is 6.71 Å². The van der Waals surface area contributed by atoms with Crippen LogP contribution in [0, 0.1) is 90.0 Å². The summed E-state index contributed by atoms with van der Waals surface area (Å²) in [6.07, 6.45) is 0. The Kier molecular flexibility index (Phi) is 7.76. The highest BCUT2D eigenvalue weighted by Gasteiger charge is 2.36. The van der Waals surface area contributed by atoms with Crippen LogP contribution in [0.4, 0.5) is 0 Å². The summed E-state index contributed by atoms with van der Waals surface area (Å²) in [7, 11) is 0. The third-order valence-corrected chi connectivity index (χ3v) is 9.72. The largest absolute Gasteiger partial charge is 0.478 e. The Labute approximate surface area is 228 Å². The first-order chi connectivity index (χ1) is 17.5. The minimum atomic E-state index is -0.909. The van der Waals surface area contributed by atoms with E-state index in [9.17, 15) is 19.8 Å². The van der Waals surface area contributed by atoms with Crippen LogP contribution in [-0.4, -0.2) is 28.9 Å². The molecular formula is C33H41BO4. The molecule has 0 radical (unpaired) electrons. The molecule has 38 heavy (non-hydrogen) atoms. The van der Waals surface area contributed by atoms with Crippen molar-refractivity contribution in [2.24, 2.45) is 0 Å². The highest BCUT2D eigenvalue weighted by molar-refractivity contribution is 6.97. The Bertz CT molecular complexity index is 1370. The summed E-state index contributed by atoms with van der Waals surface area (Å²) in [5.41, 5.74) is 17.5. The molecule has 3 aromatic rings. The number of carboxylic acids is 2. The monoisotopic (exact) mass is 512 g/mol. The molecule has 0 saturated heterocycles. The van der Waals surface area contributed by atoms with Crippen LogP contribution >= 0.6 is 0 Å². The van der Waals surface area contributed by atoms with E-state index in [1.807, 2.05) is 55.4 Å². The van der Waals surface area contributed by atoms with Crippen LogP contribution in [0.3, 0.4) is 0 Å². The number of benzene rings is 3. The minimum Gasteiger partial charge on any atom is -0.478 e. The van der Waals surface area contributed by atoms with Crippen LogP contribution in [0.15, 0.2) is 0 Å². The number of aromatic carboxylic acids is 2. The van der Waals surface area contributed by atoms with E-state index in [0.717, 1.165) is 55.4 Å². The van der Waals surface area contributed by atoms with Crippen LogP contribution in [0.5, 0.6) is 0 Å². The molecule has 0 aromatic heterocycles. The predicted molar refractivity (Wildman–Crippen MR) is 159 cm³/mol. The molecule has 3 rings (SSSR count). The summed E-state index contributed by atoms with van der Waals surface area (Å²) < 4.78 is 0. The summed E-state index contributed by atoms with van der Waals surface area (Å²) in [4.78, 5) is 24.5. The first-order valence-electron chi connectivity index (χ1n) is 13.2. The smallest absolute Gasteiger partial charge is 0.336 e. The van der Waals surface area contributed by atoms with E-state index in [1.54, 1.807) is 0 Å². The minimum absolute atomic E-state index is 0.173. The number of rotatable bonds is 5. The molecule has 0 aliphatic heterocycles. The van der Waals surface area contributed by atoms with Crippen molar-refractivity contribution in [2.45, 2.75) is 90.0 Å². The highest BCUT2D eigenvalue weighted by Crippen LogP contribution is 2.27. The van der Waals surface area contributed by atoms with E-state index in [-0.39, 0.29) is 6.71 Å². The van der Waals surface area contributed by atoms with Crippen molar-refractivity contribution < 1.29 is 19.8 Å². The molecule has 0 heterocycles. The van der Waals surface area contributed by atoms with Crippen molar-refractivity contribution in [1.29, 1.82) is 0 Å². The van der Waals surface area contributed by atoms with Crippen molar-refractivity contribution >= 4 is 35.0 Å². The van der Waals surface area contributed by atoms with E-state index in [0.29, 0.717) is 11.1 Å². The van der Waals surface area contributed by atoms with Crippen molar-refractivity contribution in [3.05, 3.63) is 83.5 Å². The summed E-state index contributed by atoms with van der Waals surface area (Å²) in [5, 5.41) is 20.1. The fraction of sp³-hybridized carbons (Fsp3) is 0.394. The maximum atomic E-state index is 12.2. The Balaban J connectivity index is 2.71. The van der Waals surface area contributed by atoms with Crippen LogP contribution in [-0.2, 0) is 0 Å².